The van der Waals surface area contributed by atoms with Crippen LogP contribution in [-0.2, 0) is 19.5 Å². The topological polar surface area (TPSA) is 55.3 Å². The number of hydrogen-bond acceptors (Lipinski definition) is 3. The van der Waals surface area contributed by atoms with Crippen LogP contribution in [0.15, 0.2) is 60.9 Å². The van der Waals surface area contributed by atoms with Gasteiger partial charge in [-0.15, -0.1) is 0 Å². The Kier molecular flexibility index (Phi) is 4.74. The van der Waals surface area contributed by atoms with Crippen LogP contribution in [0.1, 0.15) is 32.6 Å². The molecule has 0 aliphatic carbocycles. The van der Waals surface area contributed by atoms with E-state index in [4.69, 9.17) is 4.74 Å². The highest BCUT2D eigenvalue weighted by atomic mass is 16.5. The number of ketones is 1. The van der Waals surface area contributed by atoms with Crippen LogP contribution >= 0.6 is 0 Å². The minimum absolute atomic E-state index is 0.0111. The normalized spacial score (nSPS) is 12.7. The van der Waals surface area contributed by atoms with Crippen LogP contribution in [0.25, 0.3) is 11.0 Å². The van der Waals surface area contributed by atoms with E-state index in [9.17, 15) is 9.90 Å². The van der Waals surface area contributed by atoms with Crippen LogP contribution < -0.4 is 9.30 Å². The zero-order chi connectivity index (χ0) is 21.5. The Hall–Kier alpha value is -3.60. The van der Waals surface area contributed by atoms with Crippen LogP contribution in [0, 0.1) is 13.8 Å². The van der Waals surface area contributed by atoms with Gasteiger partial charge in [-0.25, -0.2) is 9.13 Å². The van der Waals surface area contributed by atoms with Gasteiger partial charge in [0.2, 0.25) is 12.1 Å². The molecule has 5 rings (SSSR count). The lowest BCUT2D eigenvalue weighted by molar-refractivity contribution is -0.663. The van der Waals surface area contributed by atoms with Gasteiger partial charge in [0.1, 0.15) is 18.0 Å². The molecule has 1 N–H and O–H groups in total. The molecule has 1 aliphatic rings. The van der Waals surface area contributed by atoms with Gasteiger partial charge in [0.05, 0.1) is 6.61 Å². The second-order valence-corrected chi connectivity index (χ2v) is 8.31. The van der Waals surface area contributed by atoms with E-state index in [1.54, 1.807) is 24.3 Å². The highest BCUT2D eigenvalue weighted by molar-refractivity contribution is 5.96. The maximum Gasteiger partial charge on any atom is 0.245 e. The van der Waals surface area contributed by atoms with Gasteiger partial charge in [0.25, 0.3) is 0 Å². The zero-order valence-electron chi connectivity index (χ0n) is 17.8. The van der Waals surface area contributed by atoms with Gasteiger partial charge in [0.15, 0.2) is 17.6 Å². The van der Waals surface area contributed by atoms with Crippen molar-refractivity contribution in [1.82, 2.24) is 4.57 Å². The van der Waals surface area contributed by atoms with Crippen molar-refractivity contribution in [2.24, 2.45) is 0 Å². The summed E-state index contributed by atoms with van der Waals surface area (Å²) in [5.74, 6) is 1.16. The first-order valence-electron chi connectivity index (χ1n) is 10.5. The number of Topliss-reactive ketones (excluding diaryl/α,β-unsaturated/α-hetero) is 1. The number of benzene rings is 3. The predicted octanol–water partition coefficient (Wildman–Crippen LogP) is 4.12. The number of carbonyl (C=O) groups excluding carboxylic acids is 1. The lowest BCUT2D eigenvalue weighted by atomic mass is 10.1. The van der Waals surface area contributed by atoms with E-state index in [-0.39, 0.29) is 18.1 Å². The number of aromatic hydroxyl groups is 1. The second kappa shape index (κ2) is 7.58. The summed E-state index contributed by atoms with van der Waals surface area (Å²) in [5.41, 5.74) is 7.65. The second-order valence-electron chi connectivity index (χ2n) is 8.31. The Labute approximate surface area is 181 Å². The van der Waals surface area contributed by atoms with Crippen molar-refractivity contribution in [1.29, 1.82) is 0 Å². The summed E-state index contributed by atoms with van der Waals surface area (Å²) < 4.78 is 9.87. The first-order chi connectivity index (χ1) is 15.0. The Balaban J connectivity index is 1.52. The molecule has 0 spiro atoms. The molecule has 0 bridgehead atoms. The van der Waals surface area contributed by atoms with Crippen molar-refractivity contribution in [3.63, 3.8) is 0 Å². The van der Waals surface area contributed by atoms with Gasteiger partial charge in [-0.05, 0) is 84.6 Å². The number of aryl methyl sites for hydroxylation is 2. The number of hydrogen-bond donors (Lipinski definition) is 1. The van der Waals surface area contributed by atoms with Crippen molar-refractivity contribution < 1.29 is 19.2 Å². The van der Waals surface area contributed by atoms with E-state index in [0.29, 0.717) is 5.56 Å². The maximum absolute atomic E-state index is 12.9. The maximum atomic E-state index is 12.9. The van der Waals surface area contributed by atoms with Gasteiger partial charge in [-0.1, -0.05) is 6.07 Å². The number of imidazole rings is 1. The molecule has 1 aliphatic heterocycles. The van der Waals surface area contributed by atoms with Crippen molar-refractivity contribution in [2.45, 2.75) is 33.4 Å². The number of phenolic OH excluding ortho intramolecular Hbond substituents is 1. The minimum Gasteiger partial charge on any atom is -0.508 e. The Morgan fingerprint density at radius 2 is 1.84 bits per heavy atom. The molecule has 0 amide bonds. The predicted molar refractivity (Wildman–Crippen MR) is 119 cm³/mol. The smallest absolute Gasteiger partial charge is 0.245 e. The first-order valence-corrected chi connectivity index (χ1v) is 10.5. The molecule has 0 saturated heterocycles. The number of carbonyl (C=O) groups is 1. The summed E-state index contributed by atoms with van der Waals surface area (Å²) in [6.07, 6.45) is 2.99. The molecule has 31 heavy (non-hydrogen) atoms. The monoisotopic (exact) mass is 413 g/mol. The fourth-order valence-electron chi connectivity index (χ4n) is 4.22. The molecular weight excluding hydrogens is 388 g/mol. The fourth-order valence-corrected chi connectivity index (χ4v) is 4.22. The van der Waals surface area contributed by atoms with E-state index in [2.05, 4.69) is 48.7 Å². The van der Waals surface area contributed by atoms with Gasteiger partial charge >= 0.3 is 0 Å². The average Bonchev–Trinajstić information content (AvgIpc) is 3.34. The summed E-state index contributed by atoms with van der Waals surface area (Å²) >= 11 is 0. The van der Waals surface area contributed by atoms with Crippen molar-refractivity contribution >= 4 is 16.8 Å². The number of aromatic nitrogens is 2. The molecule has 2 heterocycles. The van der Waals surface area contributed by atoms with Gasteiger partial charge in [-0.2, -0.15) is 0 Å². The third kappa shape index (κ3) is 3.67. The molecule has 156 valence electrons. The SMILES string of the molecule is Cc1cc2c(cc1C)[n+](Cc1ccc3c(c1)CCO3)cn2CC(=O)c1ccc(O)cc1. The molecule has 0 unspecified atom stereocenters. The summed E-state index contributed by atoms with van der Waals surface area (Å²) in [6, 6.07) is 17.2. The minimum atomic E-state index is 0.0111. The van der Waals surface area contributed by atoms with Crippen molar-refractivity contribution in [3.05, 3.63) is 88.7 Å². The van der Waals surface area contributed by atoms with E-state index in [1.165, 1.54) is 22.3 Å². The fraction of sp³-hybridized carbons (Fsp3) is 0.231. The van der Waals surface area contributed by atoms with Crippen molar-refractivity contribution in [2.75, 3.05) is 6.61 Å². The third-order valence-corrected chi connectivity index (χ3v) is 6.10. The molecule has 0 fully saturated rings. The van der Waals surface area contributed by atoms with Gasteiger partial charge in [-0.3, -0.25) is 4.79 Å². The van der Waals surface area contributed by atoms with Crippen molar-refractivity contribution in [3.8, 4) is 11.5 Å². The number of phenols is 1. The van der Waals surface area contributed by atoms with E-state index >= 15 is 0 Å². The molecule has 5 nitrogen and oxygen atoms in total. The number of fused-ring (bicyclic) bond motifs is 2. The van der Waals surface area contributed by atoms with E-state index < -0.39 is 0 Å². The van der Waals surface area contributed by atoms with E-state index in [0.717, 1.165) is 36.4 Å². The molecule has 0 atom stereocenters. The van der Waals surface area contributed by atoms with Crippen LogP contribution in [0.3, 0.4) is 0 Å². The van der Waals surface area contributed by atoms with Gasteiger partial charge < -0.3 is 9.84 Å². The van der Waals surface area contributed by atoms with Crippen LogP contribution in [0.2, 0.25) is 0 Å². The highest BCUT2D eigenvalue weighted by Crippen LogP contribution is 2.26. The molecule has 3 aromatic carbocycles. The molecule has 1 aromatic heterocycles. The Morgan fingerprint density at radius 1 is 1.06 bits per heavy atom. The summed E-state index contributed by atoms with van der Waals surface area (Å²) in [4.78, 5) is 12.9. The average molecular weight is 413 g/mol. The molecular formula is C26H25N2O3+. The zero-order valence-corrected chi connectivity index (χ0v) is 17.8. The van der Waals surface area contributed by atoms with Crippen LogP contribution in [0.5, 0.6) is 11.5 Å². The van der Waals surface area contributed by atoms with Crippen LogP contribution in [-0.4, -0.2) is 22.1 Å². The van der Waals surface area contributed by atoms with Crippen LogP contribution in [0.4, 0.5) is 0 Å². The number of ether oxygens (including phenoxy) is 1. The van der Waals surface area contributed by atoms with E-state index in [1.807, 2.05) is 10.9 Å². The Morgan fingerprint density at radius 3 is 2.65 bits per heavy atom. The quantitative estimate of drug-likeness (QED) is 0.396. The number of nitrogens with zero attached hydrogens (tertiary/aromatic N) is 2. The third-order valence-electron chi connectivity index (χ3n) is 6.10. The summed E-state index contributed by atoms with van der Waals surface area (Å²) in [5, 5.41) is 9.50. The molecule has 5 heteroatoms. The van der Waals surface area contributed by atoms with Gasteiger partial charge in [0, 0.05) is 12.0 Å². The summed E-state index contributed by atoms with van der Waals surface area (Å²) in [6.45, 7) is 5.94. The Bertz CT molecular complexity index is 1300. The standard InChI is InChI=1S/C26H24N2O3/c1-17-11-23-24(12-18(17)2)28(15-25(30)20-4-6-22(29)7-5-20)16-27(23)14-19-3-8-26-21(13-19)9-10-31-26/h3-8,11-13,16H,9-10,14-15H2,1-2H3/p+1. The molecule has 0 saturated carbocycles. The highest BCUT2D eigenvalue weighted by Gasteiger charge is 2.21. The largest absolute Gasteiger partial charge is 0.508 e. The number of rotatable bonds is 5. The molecule has 0 radical (unpaired) electrons. The first kappa shape index (κ1) is 19.4. The molecule has 4 aromatic rings. The lowest BCUT2D eigenvalue weighted by Crippen LogP contribution is -2.33. The lowest BCUT2D eigenvalue weighted by Gasteiger charge is -2.03. The summed E-state index contributed by atoms with van der Waals surface area (Å²) in [7, 11) is 0.